The summed E-state index contributed by atoms with van der Waals surface area (Å²) < 4.78 is 0. The highest BCUT2D eigenvalue weighted by molar-refractivity contribution is 7.10. The molecule has 3 rings (SSSR count). The van der Waals surface area contributed by atoms with Gasteiger partial charge in [-0.05, 0) is 42.7 Å². The zero-order valence-corrected chi connectivity index (χ0v) is 13.2. The van der Waals surface area contributed by atoms with Crippen molar-refractivity contribution in [2.45, 2.75) is 32.6 Å². The van der Waals surface area contributed by atoms with Gasteiger partial charge in [-0.2, -0.15) is 0 Å². The molecule has 0 radical (unpaired) electrons. The van der Waals surface area contributed by atoms with Crippen LogP contribution in [-0.2, 0) is 9.59 Å². The Bertz CT molecular complexity index is 568. The summed E-state index contributed by atoms with van der Waals surface area (Å²) in [5, 5.41) is 11.3. The normalized spacial score (nSPS) is 32.0. The molecule has 0 aromatic carbocycles. The second-order valence-corrected chi connectivity index (χ2v) is 7.48. The third kappa shape index (κ3) is 2.84. The van der Waals surface area contributed by atoms with Crippen molar-refractivity contribution in [1.29, 1.82) is 0 Å². The van der Waals surface area contributed by atoms with Crippen LogP contribution in [0.1, 0.15) is 36.1 Å². The summed E-state index contributed by atoms with van der Waals surface area (Å²) in [6.07, 6.45) is 1.60. The number of amides is 1. The van der Waals surface area contributed by atoms with Crippen molar-refractivity contribution in [3.8, 4) is 0 Å². The molecule has 1 saturated carbocycles. The number of hydrogen-bond acceptors (Lipinski definition) is 3. The molecule has 0 bridgehead atoms. The van der Waals surface area contributed by atoms with E-state index in [1.807, 2.05) is 6.92 Å². The number of hydrogen-bond donors (Lipinski definition) is 1. The minimum atomic E-state index is -0.777. The highest BCUT2D eigenvalue weighted by atomic mass is 32.1. The molecule has 2 fully saturated rings. The van der Waals surface area contributed by atoms with Crippen LogP contribution in [0, 0.1) is 24.7 Å². The van der Waals surface area contributed by atoms with Gasteiger partial charge >= 0.3 is 5.97 Å². The van der Waals surface area contributed by atoms with E-state index in [1.54, 1.807) is 16.2 Å². The fourth-order valence-electron chi connectivity index (χ4n) is 3.47. The Hall–Kier alpha value is -1.36. The second-order valence-electron chi connectivity index (χ2n) is 6.54. The van der Waals surface area contributed by atoms with Crippen LogP contribution in [0.5, 0.6) is 0 Å². The average molecular weight is 307 g/mol. The topological polar surface area (TPSA) is 57.6 Å². The molecule has 5 heteroatoms. The number of aliphatic carboxylic acids is 1. The lowest BCUT2D eigenvalue weighted by atomic mass is 9.90. The number of likely N-dealkylation sites (tertiary alicyclic amines) is 1. The molecule has 4 atom stereocenters. The Morgan fingerprint density at radius 3 is 2.71 bits per heavy atom. The summed E-state index contributed by atoms with van der Waals surface area (Å²) in [6.45, 7) is 5.21. The summed E-state index contributed by atoms with van der Waals surface area (Å²) in [4.78, 5) is 27.0. The van der Waals surface area contributed by atoms with E-state index in [0.29, 0.717) is 25.4 Å². The summed E-state index contributed by atoms with van der Waals surface area (Å²) in [6, 6.07) is 2.10. The van der Waals surface area contributed by atoms with Crippen molar-refractivity contribution in [1.82, 2.24) is 4.90 Å². The minimum Gasteiger partial charge on any atom is -0.481 e. The van der Waals surface area contributed by atoms with E-state index in [1.165, 1.54) is 10.4 Å². The molecule has 21 heavy (non-hydrogen) atoms. The van der Waals surface area contributed by atoms with Gasteiger partial charge in [0.15, 0.2) is 0 Å². The number of carboxylic acid groups (broad SMARTS) is 1. The van der Waals surface area contributed by atoms with E-state index in [-0.39, 0.29) is 17.7 Å². The predicted molar refractivity (Wildman–Crippen MR) is 81.4 cm³/mol. The molecular weight excluding hydrogens is 286 g/mol. The summed E-state index contributed by atoms with van der Waals surface area (Å²) in [7, 11) is 0. The van der Waals surface area contributed by atoms with Crippen molar-refractivity contribution in [2.24, 2.45) is 17.8 Å². The number of thiophene rings is 1. The average Bonchev–Trinajstić information content (AvgIpc) is 3.11. The van der Waals surface area contributed by atoms with Gasteiger partial charge in [-0.3, -0.25) is 9.59 Å². The standard InChI is InChI=1S/C16H21NO3S/c1-9-5-11(16(19)20)8-17(7-9)15(18)13-6-12(13)14-10(2)3-4-21-14/h3-4,9,11-13H,5-8H2,1-2H3,(H,19,20). The molecule has 1 amide bonds. The first-order valence-corrected chi connectivity index (χ1v) is 8.41. The monoisotopic (exact) mass is 307 g/mol. The molecular formula is C16H21NO3S. The first-order chi connectivity index (χ1) is 9.97. The van der Waals surface area contributed by atoms with Crippen LogP contribution in [0.3, 0.4) is 0 Å². The number of aryl methyl sites for hydroxylation is 1. The molecule has 1 aromatic rings. The molecule has 0 spiro atoms. The third-order valence-electron chi connectivity index (χ3n) is 4.67. The fraction of sp³-hybridized carbons (Fsp3) is 0.625. The molecule has 4 unspecified atom stereocenters. The molecule has 1 aliphatic carbocycles. The van der Waals surface area contributed by atoms with Crippen LogP contribution >= 0.6 is 11.3 Å². The third-order valence-corrected chi connectivity index (χ3v) is 5.82. The van der Waals surface area contributed by atoms with Crippen molar-refractivity contribution in [2.75, 3.05) is 13.1 Å². The summed E-state index contributed by atoms with van der Waals surface area (Å²) in [5.74, 6) is -0.325. The lowest BCUT2D eigenvalue weighted by Gasteiger charge is -2.35. The summed E-state index contributed by atoms with van der Waals surface area (Å²) in [5.41, 5.74) is 1.27. The largest absolute Gasteiger partial charge is 0.481 e. The lowest BCUT2D eigenvalue weighted by molar-refractivity contribution is -0.147. The van der Waals surface area contributed by atoms with E-state index in [4.69, 9.17) is 0 Å². The van der Waals surface area contributed by atoms with Gasteiger partial charge in [0.2, 0.25) is 5.91 Å². The Morgan fingerprint density at radius 2 is 2.10 bits per heavy atom. The number of carbonyl (C=O) groups excluding carboxylic acids is 1. The zero-order valence-electron chi connectivity index (χ0n) is 12.4. The van der Waals surface area contributed by atoms with Crippen molar-refractivity contribution >= 4 is 23.2 Å². The molecule has 1 saturated heterocycles. The molecule has 4 nitrogen and oxygen atoms in total. The zero-order chi connectivity index (χ0) is 15.1. The molecule has 1 N–H and O–H groups in total. The molecule has 1 aliphatic heterocycles. The van der Waals surface area contributed by atoms with Crippen molar-refractivity contribution in [3.05, 3.63) is 21.9 Å². The maximum atomic E-state index is 12.6. The van der Waals surface area contributed by atoms with Crippen LogP contribution in [0.4, 0.5) is 0 Å². The quantitative estimate of drug-likeness (QED) is 0.934. The molecule has 1 aromatic heterocycles. The van der Waals surface area contributed by atoms with E-state index in [2.05, 4.69) is 18.4 Å². The molecule has 114 valence electrons. The lowest BCUT2D eigenvalue weighted by Crippen LogP contribution is -2.46. The van der Waals surface area contributed by atoms with E-state index in [0.717, 1.165) is 6.42 Å². The number of carbonyl (C=O) groups is 2. The smallest absolute Gasteiger partial charge is 0.308 e. The van der Waals surface area contributed by atoms with Gasteiger partial charge in [-0.15, -0.1) is 11.3 Å². The maximum Gasteiger partial charge on any atom is 0.308 e. The Morgan fingerprint density at radius 1 is 1.33 bits per heavy atom. The predicted octanol–water partition coefficient (Wildman–Crippen LogP) is 2.73. The van der Waals surface area contributed by atoms with Gasteiger partial charge in [0, 0.05) is 29.8 Å². The summed E-state index contributed by atoms with van der Waals surface area (Å²) >= 11 is 1.73. The van der Waals surface area contributed by atoms with Crippen molar-refractivity contribution in [3.63, 3.8) is 0 Å². The van der Waals surface area contributed by atoms with Crippen molar-refractivity contribution < 1.29 is 14.7 Å². The molecule has 2 heterocycles. The highest BCUT2D eigenvalue weighted by Gasteiger charge is 2.48. The van der Waals surface area contributed by atoms with Crippen LogP contribution in [0.15, 0.2) is 11.4 Å². The first kappa shape index (κ1) is 14.6. The van der Waals surface area contributed by atoms with Gasteiger partial charge in [0.25, 0.3) is 0 Å². The van der Waals surface area contributed by atoms with Gasteiger partial charge in [0.05, 0.1) is 5.92 Å². The Balaban J connectivity index is 1.66. The van der Waals surface area contributed by atoms with Crippen LogP contribution in [0.25, 0.3) is 0 Å². The molecule has 2 aliphatic rings. The van der Waals surface area contributed by atoms with Crippen LogP contribution < -0.4 is 0 Å². The number of piperidine rings is 1. The van der Waals surface area contributed by atoms with E-state index in [9.17, 15) is 14.7 Å². The number of carboxylic acids is 1. The van der Waals surface area contributed by atoms with Gasteiger partial charge in [-0.25, -0.2) is 0 Å². The Kier molecular flexibility index (Phi) is 3.78. The number of nitrogens with zero attached hydrogens (tertiary/aromatic N) is 1. The fourth-order valence-corrected chi connectivity index (χ4v) is 4.57. The second kappa shape index (κ2) is 5.44. The van der Waals surface area contributed by atoms with Crippen LogP contribution in [0.2, 0.25) is 0 Å². The van der Waals surface area contributed by atoms with Gasteiger partial charge in [-0.1, -0.05) is 6.92 Å². The van der Waals surface area contributed by atoms with Gasteiger partial charge in [0.1, 0.15) is 0 Å². The van der Waals surface area contributed by atoms with E-state index < -0.39 is 11.9 Å². The first-order valence-electron chi connectivity index (χ1n) is 7.53. The van der Waals surface area contributed by atoms with E-state index >= 15 is 0 Å². The maximum absolute atomic E-state index is 12.6. The Labute approximate surface area is 128 Å². The highest BCUT2D eigenvalue weighted by Crippen LogP contribution is 2.51. The van der Waals surface area contributed by atoms with Crippen LogP contribution in [-0.4, -0.2) is 35.0 Å². The SMILES string of the molecule is Cc1ccsc1C1CC1C(=O)N1CC(C)CC(C(=O)O)C1. The van der Waals surface area contributed by atoms with Gasteiger partial charge < -0.3 is 10.0 Å². The minimum absolute atomic E-state index is 0.0714. The number of rotatable bonds is 3.